The standard InChI is InChI=1S/C32H28ClFN6O3S/c1-39(17-22-5-12-28(35-14-22)24-6-8-26(33)9-7-24)29(41)19-40-18-25(13-23-15-36-31(43-2)37-16-23)30(42)38-32(40)44-20-21-3-10-27(34)11-4-21/h3-12,14-16,18H,13,17,19-20H2,1-2H3. The van der Waals surface area contributed by atoms with Crippen LogP contribution in [0.25, 0.3) is 11.3 Å². The Labute approximate surface area is 262 Å². The minimum Gasteiger partial charge on any atom is -0.467 e. The molecular weight excluding hydrogens is 603 g/mol. The van der Waals surface area contributed by atoms with E-state index in [9.17, 15) is 14.0 Å². The normalized spacial score (nSPS) is 10.9. The number of amides is 1. The van der Waals surface area contributed by atoms with Gasteiger partial charge in [0.05, 0.1) is 12.8 Å². The molecule has 0 fully saturated rings. The fraction of sp³-hybridized carbons (Fsp3) is 0.188. The number of rotatable bonds is 11. The number of nitrogens with zero attached hydrogens (tertiary/aromatic N) is 6. The van der Waals surface area contributed by atoms with Gasteiger partial charge in [-0.3, -0.25) is 14.6 Å². The topological polar surface area (TPSA) is 103 Å². The molecule has 44 heavy (non-hydrogen) atoms. The van der Waals surface area contributed by atoms with Crippen LogP contribution in [0.4, 0.5) is 4.39 Å². The number of ether oxygens (including phenoxy) is 1. The van der Waals surface area contributed by atoms with Crippen molar-refractivity contribution in [1.82, 2.24) is 29.4 Å². The van der Waals surface area contributed by atoms with Crippen LogP contribution in [0, 0.1) is 5.82 Å². The third kappa shape index (κ3) is 8.06. The molecule has 5 aromatic rings. The molecule has 0 saturated carbocycles. The van der Waals surface area contributed by atoms with E-state index in [0.29, 0.717) is 33.6 Å². The Morgan fingerprint density at radius 2 is 1.64 bits per heavy atom. The van der Waals surface area contributed by atoms with E-state index >= 15 is 0 Å². The van der Waals surface area contributed by atoms with Crippen molar-refractivity contribution in [2.24, 2.45) is 0 Å². The summed E-state index contributed by atoms with van der Waals surface area (Å²) >= 11 is 7.29. The molecule has 5 rings (SSSR count). The molecule has 12 heteroatoms. The average molecular weight is 631 g/mol. The van der Waals surface area contributed by atoms with Gasteiger partial charge in [0.25, 0.3) is 5.56 Å². The van der Waals surface area contributed by atoms with Gasteiger partial charge in [0.2, 0.25) is 5.91 Å². The van der Waals surface area contributed by atoms with Gasteiger partial charge in [-0.2, -0.15) is 4.98 Å². The molecule has 224 valence electrons. The minimum atomic E-state index is -0.411. The van der Waals surface area contributed by atoms with Crippen LogP contribution in [-0.4, -0.2) is 49.5 Å². The van der Waals surface area contributed by atoms with Gasteiger partial charge in [0, 0.05) is 66.7 Å². The fourth-order valence-corrected chi connectivity index (χ4v) is 5.34. The second kappa shape index (κ2) is 14.2. The second-order valence-electron chi connectivity index (χ2n) is 9.96. The van der Waals surface area contributed by atoms with Crippen LogP contribution < -0.4 is 10.3 Å². The van der Waals surface area contributed by atoms with Crippen molar-refractivity contribution in [3.63, 3.8) is 0 Å². The van der Waals surface area contributed by atoms with Crippen LogP contribution in [0.15, 0.2) is 95.4 Å². The lowest BCUT2D eigenvalue weighted by Crippen LogP contribution is -2.31. The zero-order valence-corrected chi connectivity index (χ0v) is 25.6. The summed E-state index contributed by atoms with van der Waals surface area (Å²) in [7, 11) is 3.19. The highest BCUT2D eigenvalue weighted by Crippen LogP contribution is 2.23. The van der Waals surface area contributed by atoms with E-state index in [1.165, 1.54) is 31.0 Å². The third-order valence-corrected chi connectivity index (χ3v) is 8.00. The number of methoxy groups -OCH3 is 1. The maximum Gasteiger partial charge on any atom is 0.316 e. The molecule has 0 spiro atoms. The maximum absolute atomic E-state index is 13.4. The molecule has 0 aliphatic carbocycles. The maximum atomic E-state index is 13.4. The molecular formula is C32H28ClFN6O3S. The van der Waals surface area contributed by atoms with Crippen molar-refractivity contribution in [2.75, 3.05) is 14.2 Å². The predicted octanol–water partition coefficient (Wildman–Crippen LogP) is 5.44. The van der Waals surface area contributed by atoms with Crippen molar-refractivity contribution in [1.29, 1.82) is 0 Å². The number of carbonyl (C=O) groups is 1. The molecule has 2 aromatic carbocycles. The molecule has 0 aliphatic rings. The molecule has 0 unspecified atom stereocenters. The van der Waals surface area contributed by atoms with Gasteiger partial charge >= 0.3 is 6.01 Å². The number of thioether (sulfide) groups is 1. The van der Waals surface area contributed by atoms with Crippen molar-refractivity contribution in [3.8, 4) is 17.3 Å². The summed E-state index contributed by atoms with van der Waals surface area (Å²) in [6.45, 7) is 0.298. The summed E-state index contributed by atoms with van der Waals surface area (Å²) in [4.78, 5) is 45.1. The van der Waals surface area contributed by atoms with Gasteiger partial charge < -0.3 is 14.2 Å². The Morgan fingerprint density at radius 3 is 2.30 bits per heavy atom. The van der Waals surface area contributed by atoms with Gasteiger partial charge in [-0.05, 0) is 47.0 Å². The number of pyridine rings is 1. The SMILES string of the molecule is COc1ncc(Cc2cn(CC(=O)N(C)Cc3ccc(-c4ccc(Cl)cc4)nc3)c(SCc3ccc(F)cc3)nc2=O)cn1. The van der Waals surface area contributed by atoms with Gasteiger partial charge in [-0.15, -0.1) is 0 Å². The Balaban J connectivity index is 1.33. The molecule has 1 amide bonds. The van der Waals surface area contributed by atoms with Crippen LogP contribution >= 0.6 is 23.4 Å². The zero-order valence-electron chi connectivity index (χ0n) is 24.0. The first-order valence-electron chi connectivity index (χ1n) is 13.5. The van der Waals surface area contributed by atoms with E-state index in [1.54, 1.807) is 53.4 Å². The molecule has 0 radical (unpaired) electrons. The first kappa shape index (κ1) is 30.8. The van der Waals surface area contributed by atoms with E-state index in [4.69, 9.17) is 16.3 Å². The van der Waals surface area contributed by atoms with Crippen LogP contribution in [0.1, 0.15) is 22.3 Å². The Bertz CT molecular complexity index is 1780. The Kier molecular flexibility index (Phi) is 9.98. The lowest BCUT2D eigenvalue weighted by atomic mass is 10.1. The highest BCUT2D eigenvalue weighted by molar-refractivity contribution is 7.98. The molecule has 3 heterocycles. The largest absolute Gasteiger partial charge is 0.467 e. The number of likely N-dealkylation sites (N-methyl/N-ethyl adjacent to an activating group) is 1. The number of halogens is 2. The lowest BCUT2D eigenvalue weighted by Gasteiger charge is -2.20. The number of aromatic nitrogens is 5. The number of carbonyl (C=O) groups excluding carboxylic acids is 1. The summed E-state index contributed by atoms with van der Waals surface area (Å²) in [5, 5.41) is 1.03. The molecule has 9 nitrogen and oxygen atoms in total. The quantitative estimate of drug-likeness (QED) is 0.140. The number of hydrogen-bond acceptors (Lipinski definition) is 8. The van der Waals surface area contributed by atoms with Crippen LogP contribution in [0.3, 0.4) is 0 Å². The van der Waals surface area contributed by atoms with E-state index in [-0.39, 0.29) is 30.7 Å². The lowest BCUT2D eigenvalue weighted by molar-refractivity contribution is -0.131. The van der Waals surface area contributed by atoms with Crippen molar-refractivity contribution in [2.45, 2.75) is 30.4 Å². The average Bonchev–Trinajstić information content (AvgIpc) is 3.03. The van der Waals surface area contributed by atoms with E-state index in [0.717, 1.165) is 22.4 Å². The van der Waals surface area contributed by atoms with Gasteiger partial charge in [-0.25, -0.2) is 14.4 Å². The van der Waals surface area contributed by atoms with Gasteiger partial charge in [0.1, 0.15) is 12.4 Å². The van der Waals surface area contributed by atoms with Crippen LogP contribution in [0.5, 0.6) is 6.01 Å². The predicted molar refractivity (Wildman–Crippen MR) is 167 cm³/mol. The number of hydrogen-bond donors (Lipinski definition) is 0. The summed E-state index contributed by atoms with van der Waals surface area (Å²) in [6, 6.07) is 17.6. The van der Waals surface area contributed by atoms with E-state index in [2.05, 4.69) is 19.9 Å². The molecule has 0 N–H and O–H groups in total. The van der Waals surface area contributed by atoms with Crippen molar-refractivity contribution in [3.05, 3.63) is 129 Å². The summed E-state index contributed by atoms with van der Waals surface area (Å²) in [6.07, 6.45) is 6.79. The molecule has 0 saturated heterocycles. The molecule has 0 atom stereocenters. The Morgan fingerprint density at radius 1 is 0.955 bits per heavy atom. The fourth-order valence-electron chi connectivity index (χ4n) is 4.30. The van der Waals surface area contributed by atoms with Crippen LogP contribution in [-0.2, 0) is 30.1 Å². The highest BCUT2D eigenvalue weighted by Gasteiger charge is 2.16. The summed E-state index contributed by atoms with van der Waals surface area (Å²) < 4.78 is 20.1. The van der Waals surface area contributed by atoms with Crippen molar-refractivity contribution >= 4 is 29.3 Å². The molecule has 3 aromatic heterocycles. The highest BCUT2D eigenvalue weighted by atomic mass is 35.5. The third-order valence-electron chi connectivity index (χ3n) is 6.69. The monoisotopic (exact) mass is 630 g/mol. The van der Waals surface area contributed by atoms with E-state index in [1.807, 2.05) is 36.4 Å². The zero-order chi connectivity index (χ0) is 31.1. The van der Waals surface area contributed by atoms with Gasteiger partial charge in [-0.1, -0.05) is 53.7 Å². The summed E-state index contributed by atoms with van der Waals surface area (Å²) in [5.74, 6) is -0.0719. The molecule has 0 bridgehead atoms. The first-order chi connectivity index (χ1) is 21.3. The smallest absolute Gasteiger partial charge is 0.316 e. The molecule has 0 aliphatic heterocycles. The summed E-state index contributed by atoms with van der Waals surface area (Å²) in [5.41, 5.74) is 4.14. The van der Waals surface area contributed by atoms with E-state index < -0.39 is 5.56 Å². The Hall–Kier alpha value is -4.61. The number of benzene rings is 2. The second-order valence-corrected chi connectivity index (χ2v) is 11.3. The van der Waals surface area contributed by atoms with Gasteiger partial charge in [0.15, 0.2) is 5.16 Å². The minimum absolute atomic E-state index is 0.0437. The first-order valence-corrected chi connectivity index (χ1v) is 14.9. The van der Waals surface area contributed by atoms with Crippen molar-refractivity contribution < 1.29 is 13.9 Å². The van der Waals surface area contributed by atoms with Crippen LogP contribution in [0.2, 0.25) is 5.02 Å².